The Kier molecular flexibility index (Phi) is 4.69. The van der Waals surface area contributed by atoms with E-state index in [0.29, 0.717) is 0 Å². The molecule has 0 aromatic carbocycles. The van der Waals surface area contributed by atoms with Crippen molar-refractivity contribution in [2.75, 3.05) is 6.54 Å². The molecule has 5 nitrogen and oxygen atoms in total. The fraction of sp³-hybridized carbons (Fsp3) is 0.714. The Balaban J connectivity index is 4.51. The van der Waals surface area contributed by atoms with Crippen LogP contribution in [0.15, 0.2) is 0 Å². The predicted octanol–water partition coefficient (Wildman–Crippen LogP) is -0.505. The Morgan fingerprint density at radius 3 is 2.07 bits per heavy atom. The Morgan fingerprint density at radius 1 is 1.33 bits per heavy atom. The molecule has 0 saturated heterocycles. The molecule has 5 N–H and O–H groups in total. The van der Waals surface area contributed by atoms with E-state index < -0.39 is 42.9 Å². The molecule has 0 aromatic heterocycles. The zero-order valence-corrected chi connectivity index (χ0v) is 7.62. The second-order valence-corrected chi connectivity index (χ2v) is 2.98. The van der Waals surface area contributed by atoms with E-state index in [-0.39, 0.29) is 0 Å². The number of carbonyl (C=O) groups excluding carboxylic acids is 1. The molecule has 2 atom stereocenters. The molecule has 0 aliphatic heterocycles. The van der Waals surface area contributed by atoms with Gasteiger partial charge in [-0.05, 0) is 6.42 Å². The maximum atomic E-state index is 11.9. The first-order chi connectivity index (χ1) is 6.70. The van der Waals surface area contributed by atoms with Crippen molar-refractivity contribution in [1.29, 1.82) is 0 Å². The molecular weight excluding hydrogens is 217 g/mol. The van der Waals surface area contributed by atoms with Crippen molar-refractivity contribution in [2.45, 2.75) is 18.6 Å². The minimum Gasteiger partial charge on any atom is -0.480 e. The van der Waals surface area contributed by atoms with Crippen LogP contribution in [0.1, 0.15) is 6.42 Å². The molecular formula is C7H11F3N2O3. The van der Waals surface area contributed by atoms with Crippen LogP contribution in [0.25, 0.3) is 0 Å². The highest BCUT2D eigenvalue weighted by molar-refractivity contribution is 5.87. The molecule has 88 valence electrons. The van der Waals surface area contributed by atoms with Crippen LogP contribution in [0.3, 0.4) is 0 Å². The van der Waals surface area contributed by atoms with E-state index in [1.165, 1.54) is 0 Å². The van der Waals surface area contributed by atoms with Gasteiger partial charge in [0, 0.05) is 12.5 Å². The number of aliphatic carboxylic acids is 1. The van der Waals surface area contributed by atoms with Crippen LogP contribution < -0.4 is 11.5 Å². The molecule has 0 aromatic rings. The van der Waals surface area contributed by atoms with Gasteiger partial charge in [0.05, 0.1) is 0 Å². The van der Waals surface area contributed by atoms with E-state index >= 15 is 0 Å². The fourth-order valence-electron chi connectivity index (χ4n) is 0.949. The summed E-state index contributed by atoms with van der Waals surface area (Å²) in [6.45, 7) is -0.584. The SMILES string of the molecule is NCC(C[C@H](N)C(=O)O)C(=O)C(F)(F)F. The lowest BCUT2D eigenvalue weighted by molar-refractivity contribution is -0.175. The van der Waals surface area contributed by atoms with Crippen LogP contribution in [-0.4, -0.2) is 35.6 Å². The molecule has 1 unspecified atom stereocenters. The Hall–Kier alpha value is -1.15. The summed E-state index contributed by atoms with van der Waals surface area (Å²) in [6, 6.07) is -1.52. The van der Waals surface area contributed by atoms with Gasteiger partial charge in [0.15, 0.2) is 0 Å². The monoisotopic (exact) mass is 228 g/mol. The molecule has 0 bridgehead atoms. The number of carboxylic acids is 1. The normalized spacial score (nSPS) is 15.8. The van der Waals surface area contributed by atoms with Crippen LogP contribution in [-0.2, 0) is 9.59 Å². The molecule has 0 heterocycles. The number of alkyl halides is 3. The third-order valence-corrected chi connectivity index (χ3v) is 1.79. The summed E-state index contributed by atoms with van der Waals surface area (Å²) in [7, 11) is 0. The van der Waals surface area contributed by atoms with Gasteiger partial charge < -0.3 is 16.6 Å². The van der Waals surface area contributed by atoms with E-state index in [1.54, 1.807) is 0 Å². The molecule has 0 spiro atoms. The first kappa shape index (κ1) is 13.8. The van der Waals surface area contributed by atoms with Crippen molar-refractivity contribution >= 4 is 11.8 Å². The number of hydrogen-bond acceptors (Lipinski definition) is 4. The summed E-state index contributed by atoms with van der Waals surface area (Å²) in [6.07, 6.45) is -5.63. The molecule has 0 aliphatic carbocycles. The lowest BCUT2D eigenvalue weighted by Crippen LogP contribution is -2.41. The van der Waals surface area contributed by atoms with Gasteiger partial charge >= 0.3 is 12.1 Å². The second-order valence-electron chi connectivity index (χ2n) is 2.98. The van der Waals surface area contributed by atoms with Crippen LogP contribution >= 0.6 is 0 Å². The molecule has 0 saturated carbocycles. The minimum atomic E-state index is -5.01. The predicted molar refractivity (Wildman–Crippen MR) is 43.8 cm³/mol. The first-order valence-electron chi connectivity index (χ1n) is 3.99. The van der Waals surface area contributed by atoms with Crippen molar-refractivity contribution < 1.29 is 27.9 Å². The average molecular weight is 228 g/mol. The number of hydrogen-bond donors (Lipinski definition) is 3. The largest absolute Gasteiger partial charge is 0.480 e. The Morgan fingerprint density at radius 2 is 1.80 bits per heavy atom. The van der Waals surface area contributed by atoms with Gasteiger partial charge in [0.1, 0.15) is 6.04 Å². The number of Topliss-reactive ketones (excluding diaryl/α,β-unsaturated/α-hetero) is 1. The van der Waals surface area contributed by atoms with Gasteiger partial charge in [0.25, 0.3) is 0 Å². The summed E-state index contributed by atoms with van der Waals surface area (Å²) in [5.41, 5.74) is 9.95. The van der Waals surface area contributed by atoms with Crippen molar-refractivity contribution in [2.24, 2.45) is 17.4 Å². The standard InChI is InChI=1S/C7H11F3N2O3/c8-7(9,10)5(13)3(2-11)1-4(12)6(14)15/h3-4H,1-2,11-12H2,(H,14,15)/t3?,4-/m0/s1. The van der Waals surface area contributed by atoms with Gasteiger partial charge in [0.2, 0.25) is 5.78 Å². The number of rotatable bonds is 5. The molecule has 0 radical (unpaired) electrons. The number of carbonyl (C=O) groups is 2. The maximum Gasteiger partial charge on any atom is 0.450 e. The third kappa shape index (κ3) is 4.26. The van der Waals surface area contributed by atoms with Gasteiger partial charge in [-0.2, -0.15) is 13.2 Å². The number of halogens is 3. The molecule has 0 aliphatic rings. The number of carboxylic acid groups (broad SMARTS) is 1. The number of ketones is 1. The van der Waals surface area contributed by atoms with Gasteiger partial charge in [-0.25, -0.2) is 0 Å². The van der Waals surface area contributed by atoms with E-state index in [4.69, 9.17) is 16.6 Å². The van der Waals surface area contributed by atoms with E-state index in [9.17, 15) is 22.8 Å². The van der Waals surface area contributed by atoms with Crippen molar-refractivity contribution in [3.8, 4) is 0 Å². The molecule has 15 heavy (non-hydrogen) atoms. The fourth-order valence-corrected chi connectivity index (χ4v) is 0.949. The van der Waals surface area contributed by atoms with Crippen molar-refractivity contribution in [3.05, 3.63) is 0 Å². The number of nitrogens with two attached hydrogens (primary N) is 2. The summed E-state index contributed by atoms with van der Waals surface area (Å²) in [5.74, 6) is -5.11. The highest BCUT2D eigenvalue weighted by Gasteiger charge is 2.43. The Bertz CT molecular complexity index is 254. The minimum absolute atomic E-state index is 0.584. The zero-order valence-electron chi connectivity index (χ0n) is 7.62. The molecule has 0 rings (SSSR count). The van der Waals surface area contributed by atoms with E-state index in [0.717, 1.165) is 0 Å². The van der Waals surface area contributed by atoms with E-state index in [2.05, 4.69) is 0 Å². The molecule has 8 heteroatoms. The van der Waals surface area contributed by atoms with Crippen LogP contribution in [0, 0.1) is 5.92 Å². The quantitative estimate of drug-likeness (QED) is 0.587. The second kappa shape index (κ2) is 5.08. The van der Waals surface area contributed by atoms with Crippen molar-refractivity contribution in [1.82, 2.24) is 0 Å². The van der Waals surface area contributed by atoms with Crippen molar-refractivity contribution in [3.63, 3.8) is 0 Å². The Labute approximate surface area is 83.2 Å². The maximum absolute atomic E-state index is 11.9. The summed E-state index contributed by atoms with van der Waals surface area (Å²) >= 11 is 0. The average Bonchev–Trinajstić information content (AvgIpc) is 2.10. The highest BCUT2D eigenvalue weighted by atomic mass is 19.4. The lowest BCUT2D eigenvalue weighted by atomic mass is 9.95. The van der Waals surface area contributed by atoms with Gasteiger partial charge in [-0.3, -0.25) is 9.59 Å². The lowest BCUT2D eigenvalue weighted by Gasteiger charge is -2.17. The topological polar surface area (TPSA) is 106 Å². The van der Waals surface area contributed by atoms with Crippen LogP contribution in [0.2, 0.25) is 0 Å². The first-order valence-corrected chi connectivity index (χ1v) is 3.99. The summed E-state index contributed by atoms with van der Waals surface area (Å²) in [4.78, 5) is 21.0. The molecule has 0 fully saturated rings. The van der Waals surface area contributed by atoms with Gasteiger partial charge in [-0.1, -0.05) is 0 Å². The zero-order chi connectivity index (χ0) is 12.2. The molecule has 0 amide bonds. The van der Waals surface area contributed by atoms with Crippen LogP contribution in [0.5, 0.6) is 0 Å². The van der Waals surface area contributed by atoms with Crippen LogP contribution in [0.4, 0.5) is 13.2 Å². The van der Waals surface area contributed by atoms with Gasteiger partial charge in [-0.15, -0.1) is 0 Å². The third-order valence-electron chi connectivity index (χ3n) is 1.79. The summed E-state index contributed by atoms with van der Waals surface area (Å²) in [5, 5.41) is 8.35. The summed E-state index contributed by atoms with van der Waals surface area (Å²) < 4.78 is 35.8. The highest BCUT2D eigenvalue weighted by Crippen LogP contribution is 2.22. The van der Waals surface area contributed by atoms with E-state index in [1.807, 2.05) is 0 Å². The smallest absolute Gasteiger partial charge is 0.450 e.